The van der Waals surface area contributed by atoms with Crippen LogP contribution in [0.25, 0.3) is 22.5 Å². The van der Waals surface area contributed by atoms with Crippen molar-refractivity contribution in [3.05, 3.63) is 78.9 Å². The summed E-state index contributed by atoms with van der Waals surface area (Å²) in [5.74, 6) is 0.474. The summed E-state index contributed by atoms with van der Waals surface area (Å²) >= 11 is 3.06. The molecule has 0 bridgehead atoms. The van der Waals surface area contributed by atoms with Crippen LogP contribution in [0.1, 0.15) is 0 Å². The largest absolute Gasteiger partial charge is 0.336 e. The number of carbonyl (C=O) groups excluding carboxylic acids is 1. The Bertz CT molecular complexity index is 1080. The Hall–Kier alpha value is -3.52. The lowest BCUT2D eigenvalue weighted by Crippen LogP contribution is -2.32. The summed E-state index contributed by atoms with van der Waals surface area (Å²) in [6.45, 7) is 0. The highest BCUT2D eigenvalue weighted by atomic mass is 79.9. The number of anilines is 2. The zero-order chi connectivity index (χ0) is 19.3. The molecule has 4 rings (SSSR count). The predicted octanol–water partition coefficient (Wildman–Crippen LogP) is 4.69. The van der Waals surface area contributed by atoms with Crippen molar-refractivity contribution in [1.82, 2.24) is 25.0 Å². The monoisotopic (exact) mass is 434 g/mol. The molecule has 0 aliphatic carbocycles. The highest BCUT2D eigenvalue weighted by Gasteiger charge is 2.22. The second kappa shape index (κ2) is 8.01. The van der Waals surface area contributed by atoms with Crippen molar-refractivity contribution < 1.29 is 4.79 Å². The predicted molar refractivity (Wildman–Crippen MR) is 111 cm³/mol. The van der Waals surface area contributed by atoms with Crippen molar-refractivity contribution in [3.63, 3.8) is 0 Å². The molecule has 8 heteroatoms. The average Bonchev–Trinajstić information content (AvgIpc) is 3.30. The number of amides is 2. The maximum Gasteiger partial charge on any atom is 0.336 e. The van der Waals surface area contributed by atoms with Gasteiger partial charge in [0, 0.05) is 5.56 Å². The van der Waals surface area contributed by atoms with Crippen LogP contribution < -0.4 is 9.24 Å². The number of nitrogens with zero attached hydrogens (tertiary/aromatic N) is 4. The average molecular weight is 435 g/mol. The zero-order valence-electron chi connectivity index (χ0n) is 14.6. The third-order valence-electron chi connectivity index (χ3n) is 4.24. The maximum atomic E-state index is 12.8. The van der Waals surface area contributed by atoms with Gasteiger partial charge in [0.25, 0.3) is 0 Å². The van der Waals surface area contributed by atoms with Crippen molar-refractivity contribution in [3.8, 4) is 22.5 Å². The number of tetrazole rings is 1. The zero-order valence-corrected chi connectivity index (χ0v) is 16.2. The summed E-state index contributed by atoms with van der Waals surface area (Å²) in [6.07, 6.45) is 0. The Morgan fingerprint density at radius 3 is 2.43 bits per heavy atom. The molecule has 0 saturated heterocycles. The molecule has 2 amide bonds. The Morgan fingerprint density at radius 2 is 1.68 bits per heavy atom. The highest BCUT2D eigenvalue weighted by molar-refractivity contribution is 9.08. The molecule has 2 N–H and O–H groups in total. The maximum absolute atomic E-state index is 12.8. The fourth-order valence-corrected chi connectivity index (χ4v) is 3.18. The summed E-state index contributed by atoms with van der Waals surface area (Å²) in [6, 6.07) is 24.9. The van der Waals surface area contributed by atoms with Crippen LogP contribution in [-0.2, 0) is 0 Å². The number of aromatic amines is 1. The molecule has 0 unspecified atom stereocenters. The van der Waals surface area contributed by atoms with Crippen LogP contribution in [0.15, 0.2) is 78.9 Å². The fraction of sp³-hybridized carbons (Fsp3) is 0. The minimum absolute atomic E-state index is 0.342. The van der Waals surface area contributed by atoms with Gasteiger partial charge in [-0.15, -0.1) is 5.10 Å². The minimum Gasteiger partial charge on any atom is -0.274 e. The van der Waals surface area contributed by atoms with Gasteiger partial charge in [-0.3, -0.25) is 9.24 Å². The number of urea groups is 1. The van der Waals surface area contributed by atoms with Gasteiger partial charge in [-0.25, -0.2) is 9.89 Å². The van der Waals surface area contributed by atoms with Gasteiger partial charge in [0.05, 0.1) is 27.5 Å². The molecule has 0 spiro atoms. The lowest BCUT2D eigenvalue weighted by atomic mass is 10.0. The summed E-state index contributed by atoms with van der Waals surface area (Å²) in [4.78, 5) is 14.4. The standard InChI is InChI=1S/C20H15BrN6O/c21-22-20(28)27(18-12-5-4-11-17(18)19-23-25-26-24-19)16-10-6-9-15(13-16)14-7-2-1-3-8-14/h1-13H,(H,22,28)(H,23,24,25,26). The van der Waals surface area contributed by atoms with Gasteiger partial charge in [0.2, 0.25) is 0 Å². The number of nitrogens with one attached hydrogen (secondary N) is 2. The Labute approximate surface area is 169 Å². The van der Waals surface area contributed by atoms with Gasteiger partial charge >= 0.3 is 6.03 Å². The van der Waals surface area contributed by atoms with Crippen LogP contribution in [0.2, 0.25) is 0 Å². The lowest BCUT2D eigenvalue weighted by Gasteiger charge is -2.24. The van der Waals surface area contributed by atoms with Gasteiger partial charge in [-0.05, 0) is 45.8 Å². The first-order chi connectivity index (χ1) is 13.8. The third kappa shape index (κ3) is 3.49. The minimum atomic E-state index is -0.342. The van der Waals surface area contributed by atoms with E-state index >= 15 is 0 Å². The summed E-state index contributed by atoms with van der Waals surface area (Å²) in [7, 11) is 0. The number of para-hydroxylation sites is 1. The molecule has 0 radical (unpaired) electrons. The van der Waals surface area contributed by atoms with Crippen LogP contribution in [0.5, 0.6) is 0 Å². The Balaban J connectivity index is 1.85. The van der Waals surface area contributed by atoms with Crippen LogP contribution in [0.3, 0.4) is 0 Å². The van der Waals surface area contributed by atoms with Crippen LogP contribution in [-0.4, -0.2) is 26.7 Å². The number of halogens is 1. The van der Waals surface area contributed by atoms with E-state index in [0.29, 0.717) is 22.8 Å². The van der Waals surface area contributed by atoms with Crippen molar-refractivity contribution >= 4 is 33.6 Å². The SMILES string of the molecule is O=C(NBr)N(c1cccc(-c2ccccc2)c1)c1ccccc1-c1nnn[nH]1. The van der Waals surface area contributed by atoms with E-state index in [1.807, 2.05) is 78.9 Å². The molecule has 28 heavy (non-hydrogen) atoms. The number of H-pyrrole nitrogens is 1. The van der Waals surface area contributed by atoms with Gasteiger partial charge in [0.1, 0.15) is 0 Å². The van der Waals surface area contributed by atoms with Crippen LogP contribution >= 0.6 is 16.1 Å². The van der Waals surface area contributed by atoms with Gasteiger partial charge in [-0.1, -0.05) is 54.6 Å². The smallest absolute Gasteiger partial charge is 0.274 e. The Morgan fingerprint density at radius 1 is 0.929 bits per heavy atom. The molecule has 0 saturated carbocycles. The molecule has 1 aromatic heterocycles. The summed E-state index contributed by atoms with van der Waals surface area (Å²) in [5, 5.41) is 14.0. The number of hydrogen-bond acceptors (Lipinski definition) is 4. The van der Waals surface area contributed by atoms with E-state index in [-0.39, 0.29) is 6.03 Å². The van der Waals surface area contributed by atoms with E-state index < -0.39 is 0 Å². The van der Waals surface area contributed by atoms with E-state index in [2.05, 4.69) is 41.1 Å². The number of benzene rings is 3. The molecule has 7 nitrogen and oxygen atoms in total. The van der Waals surface area contributed by atoms with Gasteiger partial charge in [-0.2, -0.15) is 0 Å². The summed E-state index contributed by atoms with van der Waals surface area (Å²) < 4.78 is 2.53. The molecular formula is C20H15BrN6O. The van der Waals surface area contributed by atoms with E-state index in [4.69, 9.17) is 0 Å². The number of carbonyl (C=O) groups is 1. The topological polar surface area (TPSA) is 86.8 Å². The van der Waals surface area contributed by atoms with E-state index in [9.17, 15) is 4.79 Å². The van der Waals surface area contributed by atoms with Crippen molar-refractivity contribution in [2.45, 2.75) is 0 Å². The quantitative estimate of drug-likeness (QED) is 0.456. The molecule has 0 aliphatic rings. The van der Waals surface area contributed by atoms with Crippen LogP contribution in [0.4, 0.5) is 16.2 Å². The highest BCUT2D eigenvalue weighted by Crippen LogP contribution is 2.35. The molecule has 138 valence electrons. The van der Waals surface area contributed by atoms with Gasteiger partial charge in [0.15, 0.2) is 5.82 Å². The lowest BCUT2D eigenvalue weighted by molar-refractivity contribution is 0.254. The normalized spacial score (nSPS) is 10.5. The second-order valence-electron chi connectivity index (χ2n) is 5.92. The van der Waals surface area contributed by atoms with Crippen LogP contribution in [0, 0.1) is 0 Å². The number of aromatic nitrogens is 4. The second-order valence-corrected chi connectivity index (χ2v) is 6.31. The Kier molecular flexibility index (Phi) is 5.11. The van der Waals surface area contributed by atoms with E-state index in [0.717, 1.165) is 11.1 Å². The first-order valence-corrected chi connectivity index (χ1v) is 9.26. The summed E-state index contributed by atoms with van der Waals surface area (Å²) in [5.41, 5.74) is 4.12. The molecule has 3 aromatic carbocycles. The van der Waals surface area contributed by atoms with Crippen molar-refractivity contribution in [1.29, 1.82) is 0 Å². The first kappa shape index (κ1) is 17.9. The molecule has 1 heterocycles. The number of hydrogen-bond donors (Lipinski definition) is 2. The first-order valence-electron chi connectivity index (χ1n) is 8.47. The third-order valence-corrected chi connectivity index (χ3v) is 4.58. The molecule has 0 atom stereocenters. The van der Waals surface area contributed by atoms with Crippen molar-refractivity contribution in [2.75, 3.05) is 4.90 Å². The molecule has 0 fully saturated rings. The molecule has 0 aliphatic heterocycles. The molecule has 4 aromatic rings. The van der Waals surface area contributed by atoms with Crippen molar-refractivity contribution in [2.24, 2.45) is 0 Å². The fourth-order valence-electron chi connectivity index (χ4n) is 3.01. The van der Waals surface area contributed by atoms with E-state index in [1.165, 1.54) is 0 Å². The van der Waals surface area contributed by atoms with E-state index in [1.54, 1.807) is 4.90 Å². The van der Waals surface area contributed by atoms with Gasteiger partial charge < -0.3 is 0 Å². The molecular weight excluding hydrogens is 420 g/mol. The number of rotatable bonds is 4.